The van der Waals surface area contributed by atoms with E-state index in [9.17, 15) is 9.59 Å². The van der Waals surface area contributed by atoms with Crippen LogP contribution in [0.15, 0.2) is 0 Å². The van der Waals surface area contributed by atoms with Crippen LogP contribution in [0.4, 0.5) is 0 Å². The molecule has 2 saturated heterocycles. The lowest BCUT2D eigenvalue weighted by Crippen LogP contribution is -2.42. The molecular formula is C9H12O3S2. The van der Waals surface area contributed by atoms with Crippen LogP contribution in [0.25, 0.3) is 0 Å². The Morgan fingerprint density at radius 3 is 2.71 bits per heavy atom. The average Bonchev–Trinajstić information content (AvgIpc) is 2.59. The highest BCUT2D eigenvalue weighted by atomic mass is 32.2. The fraction of sp³-hybridized carbons (Fsp3) is 0.778. The van der Waals surface area contributed by atoms with E-state index >= 15 is 0 Å². The van der Waals surface area contributed by atoms with Gasteiger partial charge in [-0.1, -0.05) is 0 Å². The van der Waals surface area contributed by atoms with Gasteiger partial charge in [-0.25, -0.2) is 4.79 Å². The van der Waals surface area contributed by atoms with Crippen LogP contribution in [0.3, 0.4) is 0 Å². The molecule has 2 aliphatic rings. The number of ether oxygens (including phenoxy) is 1. The van der Waals surface area contributed by atoms with Crippen molar-refractivity contribution >= 4 is 35.3 Å². The molecule has 1 unspecified atom stereocenters. The second kappa shape index (κ2) is 3.77. The summed E-state index contributed by atoms with van der Waals surface area (Å²) >= 11 is 3.26. The maximum Gasteiger partial charge on any atom is 0.332 e. The van der Waals surface area contributed by atoms with Crippen molar-refractivity contribution in [3.8, 4) is 0 Å². The van der Waals surface area contributed by atoms with E-state index in [0.717, 1.165) is 11.5 Å². The first kappa shape index (κ1) is 10.4. The van der Waals surface area contributed by atoms with Gasteiger partial charge in [-0.3, -0.25) is 4.79 Å². The number of hydrogen-bond donors (Lipinski definition) is 0. The van der Waals surface area contributed by atoms with E-state index in [4.69, 9.17) is 4.74 Å². The quantitative estimate of drug-likeness (QED) is 0.638. The Balaban J connectivity index is 2.14. The summed E-state index contributed by atoms with van der Waals surface area (Å²) in [6.07, 6.45) is 0.649. The molecule has 2 heterocycles. The van der Waals surface area contributed by atoms with Gasteiger partial charge in [0.25, 0.3) is 0 Å². The Morgan fingerprint density at radius 2 is 2.14 bits per heavy atom. The molecule has 0 aromatic heterocycles. The third kappa shape index (κ3) is 1.67. The van der Waals surface area contributed by atoms with E-state index in [-0.39, 0.29) is 24.3 Å². The van der Waals surface area contributed by atoms with E-state index in [1.54, 1.807) is 30.4 Å². The van der Waals surface area contributed by atoms with Crippen molar-refractivity contribution in [3.05, 3.63) is 0 Å². The number of esters is 1. The third-order valence-corrected chi connectivity index (χ3v) is 5.95. The van der Waals surface area contributed by atoms with E-state index in [0.29, 0.717) is 6.42 Å². The van der Waals surface area contributed by atoms with Gasteiger partial charge >= 0.3 is 5.97 Å². The lowest BCUT2D eigenvalue weighted by molar-refractivity contribution is -0.151. The smallest absolute Gasteiger partial charge is 0.332 e. The normalized spacial score (nSPS) is 30.4. The predicted octanol–water partition coefficient (Wildman–Crippen LogP) is 1.31. The molecule has 0 aliphatic carbocycles. The first-order chi connectivity index (χ1) is 6.64. The Morgan fingerprint density at radius 1 is 1.50 bits per heavy atom. The third-order valence-electron chi connectivity index (χ3n) is 2.57. The molecule has 2 aliphatic heterocycles. The van der Waals surface area contributed by atoms with Gasteiger partial charge in [0.15, 0.2) is 4.08 Å². The van der Waals surface area contributed by atoms with Crippen molar-refractivity contribution in [1.82, 2.24) is 0 Å². The number of hydrogen-bond acceptors (Lipinski definition) is 5. The van der Waals surface area contributed by atoms with Gasteiger partial charge in [-0.15, -0.1) is 23.5 Å². The van der Waals surface area contributed by atoms with E-state index < -0.39 is 4.08 Å². The standard InChI is InChI=1S/C9H12O3S2/c1-6(10)7-4-9(8(11)12-5-7)13-2-3-14-9/h7H,2-5H2,1H3. The van der Waals surface area contributed by atoms with Gasteiger partial charge in [0.1, 0.15) is 12.4 Å². The summed E-state index contributed by atoms with van der Waals surface area (Å²) in [4.78, 5) is 22.8. The minimum atomic E-state index is -0.464. The Kier molecular flexibility index (Phi) is 2.79. The molecule has 0 bridgehead atoms. The highest BCUT2D eigenvalue weighted by molar-refractivity contribution is 8.22. The summed E-state index contributed by atoms with van der Waals surface area (Å²) in [7, 11) is 0. The zero-order chi connectivity index (χ0) is 10.2. The number of carbonyl (C=O) groups is 2. The van der Waals surface area contributed by atoms with E-state index in [2.05, 4.69) is 0 Å². The molecule has 1 atom stereocenters. The number of cyclic esters (lactones) is 1. The molecule has 1 spiro atoms. The molecule has 14 heavy (non-hydrogen) atoms. The van der Waals surface area contributed by atoms with Crippen molar-refractivity contribution in [1.29, 1.82) is 0 Å². The maximum absolute atomic E-state index is 11.6. The molecule has 2 rings (SSSR count). The van der Waals surface area contributed by atoms with Crippen molar-refractivity contribution in [2.75, 3.05) is 18.1 Å². The lowest BCUT2D eigenvalue weighted by Gasteiger charge is -2.33. The highest BCUT2D eigenvalue weighted by Crippen LogP contribution is 2.50. The topological polar surface area (TPSA) is 43.4 Å². The molecule has 3 nitrogen and oxygen atoms in total. The predicted molar refractivity (Wildman–Crippen MR) is 57.4 cm³/mol. The van der Waals surface area contributed by atoms with Gasteiger partial charge in [0, 0.05) is 11.5 Å². The van der Waals surface area contributed by atoms with Crippen LogP contribution < -0.4 is 0 Å². The van der Waals surface area contributed by atoms with Crippen LogP contribution in [0.1, 0.15) is 13.3 Å². The summed E-state index contributed by atoms with van der Waals surface area (Å²) in [5.74, 6) is 1.85. The van der Waals surface area contributed by atoms with Crippen LogP contribution in [-0.4, -0.2) is 33.9 Å². The summed E-state index contributed by atoms with van der Waals surface area (Å²) in [6, 6.07) is 0. The van der Waals surface area contributed by atoms with E-state index in [1.165, 1.54) is 0 Å². The number of ketones is 1. The van der Waals surface area contributed by atoms with Gasteiger partial charge in [-0.2, -0.15) is 0 Å². The zero-order valence-corrected chi connectivity index (χ0v) is 9.58. The molecule has 0 amide bonds. The second-order valence-electron chi connectivity index (χ2n) is 3.56. The van der Waals surface area contributed by atoms with Crippen LogP contribution in [0, 0.1) is 5.92 Å². The van der Waals surface area contributed by atoms with Crippen LogP contribution in [-0.2, 0) is 14.3 Å². The van der Waals surface area contributed by atoms with Crippen molar-refractivity contribution in [2.45, 2.75) is 17.4 Å². The van der Waals surface area contributed by atoms with Gasteiger partial charge < -0.3 is 4.74 Å². The summed E-state index contributed by atoms with van der Waals surface area (Å²) in [6.45, 7) is 1.85. The van der Waals surface area contributed by atoms with Crippen LogP contribution in [0.2, 0.25) is 0 Å². The summed E-state index contributed by atoms with van der Waals surface area (Å²) < 4.78 is 4.62. The minimum absolute atomic E-state index is 0.0919. The van der Waals surface area contributed by atoms with Gasteiger partial charge in [-0.05, 0) is 13.3 Å². The van der Waals surface area contributed by atoms with Gasteiger partial charge in [0.05, 0.1) is 5.92 Å². The highest BCUT2D eigenvalue weighted by Gasteiger charge is 2.50. The fourth-order valence-corrected chi connectivity index (χ4v) is 4.86. The molecule has 0 aromatic rings. The molecule has 0 saturated carbocycles. The Hall–Kier alpha value is -0.160. The van der Waals surface area contributed by atoms with Crippen LogP contribution in [0.5, 0.6) is 0 Å². The Labute approximate surface area is 91.3 Å². The molecular weight excluding hydrogens is 220 g/mol. The molecule has 0 aromatic carbocycles. The number of rotatable bonds is 1. The zero-order valence-electron chi connectivity index (χ0n) is 7.95. The van der Waals surface area contributed by atoms with Crippen LogP contribution >= 0.6 is 23.5 Å². The summed E-state index contributed by atoms with van der Waals surface area (Å²) in [5, 5.41) is 0. The van der Waals surface area contributed by atoms with Gasteiger partial charge in [0.2, 0.25) is 0 Å². The van der Waals surface area contributed by atoms with Crippen molar-refractivity contribution in [3.63, 3.8) is 0 Å². The van der Waals surface area contributed by atoms with E-state index in [1.807, 2.05) is 0 Å². The number of thioether (sulfide) groups is 2. The molecule has 5 heteroatoms. The largest absolute Gasteiger partial charge is 0.463 e. The maximum atomic E-state index is 11.6. The summed E-state index contributed by atoms with van der Waals surface area (Å²) in [5.41, 5.74) is 0. The molecule has 0 radical (unpaired) electrons. The fourth-order valence-electron chi connectivity index (χ4n) is 1.70. The second-order valence-corrected chi connectivity index (χ2v) is 6.61. The monoisotopic (exact) mass is 232 g/mol. The average molecular weight is 232 g/mol. The lowest BCUT2D eigenvalue weighted by atomic mass is 9.97. The van der Waals surface area contributed by atoms with Crippen molar-refractivity contribution < 1.29 is 14.3 Å². The van der Waals surface area contributed by atoms with Crippen molar-refractivity contribution in [2.24, 2.45) is 5.92 Å². The first-order valence-corrected chi connectivity index (χ1v) is 6.57. The molecule has 78 valence electrons. The molecule has 2 fully saturated rings. The number of Topliss-reactive ketones (excluding diaryl/α,β-unsaturated/α-hetero) is 1. The Bertz CT molecular complexity index is 271. The number of carbonyl (C=O) groups excluding carboxylic acids is 2. The first-order valence-electron chi connectivity index (χ1n) is 4.60. The molecule has 0 N–H and O–H groups in total. The SMILES string of the molecule is CC(=O)C1COC(=O)C2(C1)SCCS2. The minimum Gasteiger partial charge on any atom is -0.463 e.